The number of hydrogen-bond donors (Lipinski definition) is 2. The largest absolute Gasteiger partial charge is 0.463 e. The lowest BCUT2D eigenvalue weighted by Gasteiger charge is -2.23. The molecule has 4 aromatic rings. The molecule has 1 aliphatic rings. The zero-order chi connectivity index (χ0) is 25.3. The highest BCUT2D eigenvalue weighted by Crippen LogP contribution is 2.44. The van der Waals surface area contributed by atoms with Crippen LogP contribution in [0.3, 0.4) is 0 Å². The number of aromatic nitrogens is 1. The monoisotopic (exact) mass is 482 g/mol. The van der Waals surface area contributed by atoms with Gasteiger partial charge in [-0.3, -0.25) is 0 Å². The summed E-state index contributed by atoms with van der Waals surface area (Å²) in [6, 6.07) is 23.4. The van der Waals surface area contributed by atoms with Crippen LogP contribution < -0.4 is 5.32 Å². The molecular weight excluding hydrogens is 452 g/mol. The van der Waals surface area contributed by atoms with Gasteiger partial charge in [0.05, 0.1) is 0 Å². The number of nitrogens with one attached hydrogen (secondary N) is 2. The Morgan fingerprint density at radius 3 is 2.19 bits per heavy atom. The van der Waals surface area contributed by atoms with E-state index in [9.17, 15) is 9.59 Å². The fourth-order valence-corrected chi connectivity index (χ4v) is 4.87. The van der Waals surface area contributed by atoms with E-state index in [1.165, 1.54) is 0 Å². The standard InChI is InChI=1S/C30H30N2O4/c1-30(2,3)36-29(34)32-27(16-19-17-31-26-15-9-8-10-20(19)26)28(33)35-18-25-23-13-6-4-11-21(23)22-12-5-7-14-24(22)25/h4-15,17,25,27,31H,16,18H2,1-3H3,(H,32,34)/t27-/m0/s1. The van der Waals surface area contributed by atoms with Crippen LogP contribution in [0.15, 0.2) is 79.0 Å². The molecule has 1 aromatic heterocycles. The summed E-state index contributed by atoms with van der Waals surface area (Å²) in [5.41, 5.74) is 5.81. The number of fused-ring (bicyclic) bond motifs is 4. The first-order chi connectivity index (χ1) is 17.3. The molecule has 1 heterocycles. The van der Waals surface area contributed by atoms with Crippen LogP contribution in [0.1, 0.15) is 43.4 Å². The normalized spacial score (nSPS) is 13.6. The summed E-state index contributed by atoms with van der Waals surface area (Å²) >= 11 is 0. The Kier molecular flexibility index (Phi) is 6.27. The smallest absolute Gasteiger partial charge is 0.408 e. The number of carbonyl (C=O) groups excluding carboxylic acids is 2. The van der Waals surface area contributed by atoms with E-state index in [-0.39, 0.29) is 18.9 Å². The first-order valence-electron chi connectivity index (χ1n) is 12.2. The van der Waals surface area contributed by atoms with Gasteiger partial charge in [-0.1, -0.05) is 66.7 Å². The average Bonchev–Trinajstić information content (AvgIpc) is 3.40. The van der Waals surface area contributed by atoms with E-state index in [2.05, 4.69) is 34.6 Å². The number of rotatable bonds is 6. The van der Waals surface area contributed by atoms with E-state index in [1.807, 2.05) is 54.7 Å². The molecule has 184 valence electrons. The third-order valence-corrected chi connectivity index (χ3v) is 6.43. The Bertz CT molecular complexity index is 1370. The summed E-state index contributed by atoms with van der Waals surface area (Å²) in [6.07, 6.45) is 1.49. The summed E-state index contributed by atoms with van der Waals surface area (Å²) in [7, 11) is 0. The second kappa shape index (κ2) is 9.53. The summed E-state index contributed by atoms with van der Waals surface area (Å²) in [4.78, 5) is 29.2. The molecule has 0 spiro atoms. The lowest BCUT2D eigenvalue weighted by molar-refractivity contribution is -0.146. The lowest BCUT2D eigenvalue weighted by atomic mass is 9.98. The zero-order valence-corrected chi connectivity index (χ0v) is 20.7. The van der Waals surface area contributed by atoms with Crippen LogP contribution in [0.2, 0.25) is 0 Å². The highest BCUT2D eigenvalue weighted by atomic mass is 16.6. The van der Waals surface area contributed by atoms with E-state index in [0.29, 0.717) is 0 Å². The average molecular weight is 483 g/mol. The molecule has 0 saturated carbocycles. The third-order valence-electron chi connectivity index (χ3n) is 6.43. The molecule has 2 N–H and O–H groups in total. The number of alkyl carbamates (subject to hydrolysis) is 1. The topological polar surface area (TPSA) is 80.4 Å². The van der Waals surface area contributed by atoms with Gasteiger partial charge < -0.3 is 19.8 Å². The van der Waals surface area contributed by atoms with Gasteiger partial charge in [0.1, 0.15) is 18.2 Å². The molecule has 1 atom stereocenters. The molecule has 6 nitrogen and oxygen atoms in total. The molecular formula is C30H30N2O4. The molecule has 0 radical (unpaired) electrons. The molecule has 0 fully saturated rings. The van der Waals surface area contributed by atoms with Crippen molar-refractivity contribution in [3.05, 3.63) is 95.7 Å². The van der Waals surface area contributed by atoms with Crippen molar-refractivity contribution in [3.63, 3.8) is 0 Å². The molecule has 6 heteroatoms. The quantitative estimate of drug-likeness (QED) is 0.332. The first-order valence-corrected chi connectivity index (χ1v) is 12.2. The number of hydrogen-bond acceptors (Lipinski definition) is 4. The molecule has 1 amide bonds. The van der Waals surface area contributed by atoms with Gasteiger partial charge >= 0.3 is 12.1 Å². The lowest BCUT2D eigenvalue weighted by Crippen LogP contribution is -2.45. The van der Waals surface area contributed by atoms with E-state index in [4.69, 9.17) is 9.47 Å². The molecule has 3 aromatic carbocycles. The number of H-pyrrole nitrogens is 1. The maximum absolute atomic E-state index is 13.4. The van der Waals surface area contributed by atoms with Crippen molar-refractivity contribution >= 4 is 23.0 Å². The number of aromatic amines is 1. The molecule has 5 rings (SSSR count). The van der Waals surface area contributed by atoms with Gasteiger partial charge in [-0.2, -0.15) is 0 Å². The van der Waals surface area contributed by atoms with Crippen molar-refractivity contribution in [1.82, 2.24) is 10.3 Å². The van der Waals surface area contributed by atoms with Gasteiger partial charge in [-0.05, 0) is 54.7 Å². The van der Waals surface area contributed by atoms with Crippen LogP contribution in [-0.2, 0) is 20.7 Å². The Balaban J connectivity index is 1.36. The number of esters is 1. The predicted molar refractivity (Wildman–Crippen MR) is 140 cm³/mol. The molecule has 0 bridgehead atoms. The first kappa shape index (κ1) is 23.7. The highest BCUT2D eigenvalue weighted by molar-refractivity contribution is 5.86. The van der Waals surface area contributed by atoms with Crippen molar-refractivity contribution in [3.8, 4) is 11.1 Å². The van der Waals surface area contributed by atoms with Crippen LogP contribution in [0.4, 0.5) is 4.79 Å². The number of amides is 1. The Morgan fingerprint density at radius 2 is 1.53 bits per heavy atom. The predicted octanol–water partition coefficient (Wildman–Crippen LogP) is 5.96. The fourth-order valence-electron chi connectivity index (χ4n) is 4.87. The zero-order valence-electron chi connectivity index (χ0n) is 20.7. The minimum Gasteiger partial charge on any atom is -0.463 e. The van der Waals surface area contributed by atoms with E-state index in [1.54, 1.807) is 20.8 Å². The van der Waals surface area contributed by atoms with Crippen molar-refractivity contribution < 1.29 is 19.1 Å². The minimum atomic E-state index is -0.897. The van der Waals surface area contributed by atoms with Gasteiger partial charge in [0.2, 0.25) is 0 Å². The van der Waals surface area contributed by atoms with Crippen LogP contribution in [0.25, 0.3) is 22.0 Å². The molecule has 0 unspecified atom stereocenters. The fraction of sp³-hybridized carbons (Fsp3) is 0.267. The van der Waals surface area contributed by atoms with Crippen LogP contribution in [-0.4, -0.2) is 35.3 Å². The van der Waals surface area contributed by atoms with Crippen molar-refractivity contribution in [2.24, 2.45) is 0 Å². The molecule has 0 aliphatic heterocycles. The van der Waals surface area contributed by atoms with E-state index < -0.39 is 23.7 Å². The summed E-state index contributed by atoms with van der Waals surface area (Å²) in [5, 5.41) is 3.74. The molecule has 1 aliphatic carbocycles. The van der Waals surface area contributed by atoms with Gasteiger partial charge in [0.15, 0.2) is 0 Å². The number of benzene rings is 3. The van der Waals surface area contributed by atoms with Crippen molar-refractivity contribution in [2.45, 2.75) is 44.8 Å². The van der Waals surface area contributed by atoms with Gasteiger partial charge in [0, 0.05) is 29.4 Å². The summed E-state index contributed by atoms with van der Waals surface area (Å²) < 4.78 is 11.3. The Hall–Kier alpha value is -4.06. The Labute approximate surface area is 210 Å². The molecule has 36 heavy (non-hydrogen) atoms. The van der Waals surface area contributed by atoms with Gasteiger partial charge in [-0.15, -0.1) is 0 Å². The molecule has 0 saturated heterocycles. The van der Waals surface area contributed by atoms with Crippen LogP contribution in [0, 0.1) is 0 Å². The van der Waals surface area contributed by atoms with Gasteiger partial charge in [0.25, 0.3) is 0 Å². The van der Waals surface area contributed by atoms with Crippen LogP contribution >= 0.6 is 0 Å². The van der Waals surface area contributed by atoms with Crippen LogP contribution in [0.5, 0.6) is 0 Å². The Morgan fingerprint density at radius 1 is 0.917 bits per heavy atom. The number of ether oxygens (including phenoxy) is 2. The van der Waals surface area contributed by atoms with Crippen molar-refractivity contribution in [1.29, 1.82) is 0 Å². The second-order valence-electron chi connectivity index (χ2n) is 10.1. The maximum Gasteiger partial charge on any atom is 0.408 e. The second-order valence-corrected chi connectivity index (χ2v) is 10.1. The van der Waals surface area contributed by atoms with Gasteiger partial charge in [-0.25, -0.2) is 9.59 Å². The third kappa shape index (κ3) is 4.85. The van der Waals surface area contributed by atoms with E-state index in [0.717, 1.165) is 38.7 Å². The SMILES string of the molecule is CC(C)(C)OC(=O)N[C@@H](Cc1c[nH]c2ccccc12)C(=O)OCC1c2ccccc2-c2ccccc21. The minimum absolute atomic E-state index is 0.0587. The summed E-state index contributed by atoms with van der Waals surface area (Å²) in [6.45, 7) is 5.55. The van der Waals surface area contributed by atoms with Crippen molar-refractivity contribution in [2.75, 3.05) is 6.61 Å². The number of carbonyl (C=O) groups is 2. The maximum atomic E-state index is 13.4. The highest BCUT2D eigenvalue weighted by Gasteiger charge is 2.31. The number of para-hydroxylation sites is 1. The van der Waals surface area contributed by atoms with E-state index >= 15 is 0 Å². The summed E-state index contributed by atoms with van der Waals surface area (Å²) in [5.74, 6) is -0.551.